The fourth-order valence-electron chi connectivity index (χ4n) is 4.34. The lowest BCUT2D eigenvalue weighted by Gasteiger charge is -2.07. The molecule has 0 amide bonds. The Kier molecular flexibility index (Phi) is 19.4. The monoisotopic (exact) mass is 808 g/mol. The molecule has 0 saturated heterocycles. The number of hydrogen-bond donors (Lipinski definition) is 2. The molecule has 0 saturated carbocycles. The van der Waals surface area contributed by atoms with Gasteiger partial charge in [0.15, 0.2) is 5.57 Å². The first-order valence-corrected chi connectivity index (χ1v) is 18.1. The largest absolute Gasteiger partial charge is 0.478 e. The SMILES string of the molecule is CCOC(=O)C(=CNc1ccccn1)C(=O)OCC.CCOC(=O)c1cnc2ccccn2c1=O.O=C(O)c1ccccc1Cl.c1ccc(Oc2ccccc2)cc1. The van der Waals surface area contributed by atoms with Crippen molar-refractivity contribution in [3.63, 3.8) is 0 Å². The number of rotatable bonds is 11. The summed E-state index contributed by atoms with van der Waals surface area (Å²) in [5.41, 5.74) is -0.0198. The smallest absolute Gasteiger partial charge is 0.347 e. The fraction of sp³-hybridized carbons (Fsp3) is 0.140. The minimum Gasteiger partial charge on any atom is -0.478 e. The van der Waals surface area contributed by atoms with E-state index < -0.39 is 29.4 Å². The molecule has 3 aromatic carbocycles. The van der Waals surface area contributed by atoms with Gasteiger partial charge in [0.2, 0.25) is 0 Å². The van der Waals surface area contributed by atoms with Gasteiger partial charge in [-0.05, 0) is 81.4 Å². The molecule has 6 aromatic rings. The van der Waals surface area contributed by atoms with Crippen molar-refractivity contribution in [1.29, 1.82) is 0 Å². The number of esters is 3. The van der Waals surface area contributed by atoms with E-state index in [4.69, 9.17) is 35.7 Å². The van der Waals surface area contributed by atoms with Crippen LogP contribution in [0.25, 0.3) is 5.65 Å². The van der Waals surface area contributed by atoms with Gasteiger partial charge in [-0.2, -0.15) is 0 Å². The number of anilines is 1. The third kappa shape index (κ3) is 15.1. The molecule has 15 heteroatoms. The van der Waals surface area contributed by atoms with Gasteiger partial charge in [0, 0.05) is 24.8 Å². The summed E-state index contributed by atoms with van der Waals surface area (Å²) in [7, 11) is 0. The zero-order chi connectivity index (χ0) is 42.1. The van der Waals surface area contributed by atoms with Crippen molar-refractivity contribution >= 4 is 46.9 Å². The van der Waals surface area contributed by atoms with Crippen molar-refractivity contribution < 1.29 is 43.2 Å². The van der Waals surface area contributed by atoms with E-state index in [1.165, 1.54) is 22.9 Å². The van der Waals surface area contributed by atoms with E-state index in [-0.39, 0.29) is 41.5 Å². The molecular formula is C43H41ClN4O10. The number of hydrogen-bond acceptors (Lipinski definition) is 12. The fourth-order valence-corrected chi connectivity index (χ4v) is 4.55. The molecule has 300 valence electrons. The molecule has 14 nitrogen and oxygen atoms in total. The Labute approximate surface area is 339 Å². The number of pyridine rings is 2. The molecule has 0 radical (unpaired) electrons. The lowest BCUT2D eigenvalue weighted by atomic mass is 10.2. The summed E-state index contributed by atoms with van der Waals surface area (Å²) in [6, 6.07) is 36.2. The lowest BCUT2D eigenvalue weighted by molar-refractivity contribution is -0.146. The molecule has 58 heavy (non-hydrogen) atoms. The van der Waals surface area contributed by atoms with Gasteiger partial charge in [0.05, 0.1) is 30.4 Å². The van der Waals surface area contributed by atoms with Crippen LogP contribution in [0.2, 0.25) is 5.02 Å². The Morgan fingerprint density at radius 2 is 1.24 bits per heavy atom. The van der Waals surface area contributed by atoms with Crippen LogP contribution in [0, 0.1) is 0 Å². The van der Waals surface area contributed by atoms with E-state index in [1.54, 1.807) is 87.8 Å². The second-order valence-electron chi connectivity index (χ2n) is 11.0. The number of carboxylic acids is 1. The number of benzene rings is 3. The quantitative estimate of drug-likeness (QED) is 0.0424. The van der Waals surface area contributed by atoms with Crippen LogP contribution in [0.15, 0.2) is 156 Å². The average molecular weight is 809 g/mol. The second kappa shape index (κ2) is 25.0. The molecule has 0 aliphatic heterocycles. The average Bonchev–Trinajstić information content (AvgIpc) is 3.23. The molecule has 3 aromatic heterocycles. The summed E-state index contributed by atoms with van der Waals surface area (Å²) in [6.45, 7) is 5.60. The number of nitrogens with zero attached hydrogens (tertiary/aromatic N) is 3. The highest BCUT2D eigenvalue weighted by Crippen LogP contribution is 2.19. The molecule has 2 N–H and O–H groups in total. The van der Waals surface area contributed by atoms with E-state index in [2.05, 4.69) is 15.3 Å². The molecule has 0 atom stereocenters. The summed E-state index contributed by atoms with van der Waals surface area (Å²) in [5, 5.41) is 11.5. The highest BCUT2D eigenvalue weighted by Gasteiger charge is 2.21. The van der Waals surface area contributed by atoms with Gasteiger partial charge in [0.25, 0.3) is 5.56 Å². The van der Waals surface area contributed by atoms with Crippen LogP contribution >= 0.6 is 11.6 Å². The molecule has 0 aliphatic carbocycles. The van der Waals surface area contributed by atoms with Crippen LogP contribution in [0.1, 0.15) is 41.5 Å². The van der Waals surface area contributed by atoms with Crippen LogP contribution in [-0.2, 0) is 23.8 Å². The van der Waals surface area contributed by atoms with Gasteiger partial charge in [-0.3, -0.25) is 9.20 Å². The standard InChI is InChI=1S/C13H16N2O4.C12H10O.C11H10N2O3.C7H5ClO2/c1-3-18-12(16)10(13(17)19-4-2)9-15-11-7-5-6-8-14-11;1-3-7-11(8-4-1)13-12-9-5-2-6-10-12;1-2-16-11(15)8-7-12-9-5-3-4-6-13(9)10(8)14;8-6-4-2-1-3-5(6)7(9)10/h5-9H,3-4H2,1-2H3,(H,14,15);1-10H;3-7H,2H2,1H3;1-4H,(H,9,10). The van der Waals surface area contributed by atoms with E-state index >= 15 is 0 Å². The number of halogens is 1. The molecule has 0 unspecified atom stereocenters. The molecule has 6 rings (SSSR count). The number of fused-ring (bicyclic) bond motifs is 1. The highest BCUT2D eigenvalue weighted by atomic mass is 35.5. The summed E-state index contributed by atoms with van der Waals surface area (Å²) >= 11 is 5.54. The molecule has 0 aliphatic rings. The Balaban J connectivity index is 0.000000212. The van der Waals surface area contributed by atoms with Crippen molar-refractivity contribution in [2.75, 3.05) is 25.1 Å². The third-order valence-corrected chi connectivity index (χ3v) is 7.28. The second-order valence-corrected chi connectivity index (χ2v) is 11.4. The molecule has 0 spiro atoms. The number of aromatic carboxylic acids is 1. The Morgan fingerprint density at radius 3 is 1.76 bits per heavy atom. The first kappa shape index (κ1) is 45.1. The number of para-hydroxylation sites is 2. The zero-order valence-corrected chi connectivity index (χ0v) is 32.6. The zero-order valence-electron chi connectivity index (χ0n) is 31.8. The van der Waals surface area contributed by atoms with Gasteiger partial charge >= 0.3 is 23.9 Å². The minimum atomic E-state index is -0.995. The van der Waals surface area contributed by atoms with Crippen molar-refractivity contribution in [3.8, 4) is 11.5 Å². The summed E-state index contributed by atoms with van der Waals surface area (Å²) < 4.78 is 21.2. The van der Waals surface area contributed by atoms with Gasteiger partial charge < -0.3 is 29.4 Å². The van der Waals surface area contributed by atoms with E-state index in [0.29, 0.717) is 11.5 Å². The Bertz CT molecular complexity index is 2250. The van der Waals surface area contributed by atoms with Crippen molar-refractivity contribution in [3.05, 3.63) is 178 Å². The highest BCUT2D eigenvalue weighted by molar-refractivity contribution is 6.33. The summed E-state index contributed by atoms with van der Waals surface area (Å²) in [4.78, 5) is 64.9. The molecule has 3 heterocycles. The van der Waals surface area contributed by atoms with Gasteiger partial charge in [-0.15, -0.1) is 0 Å². The Hall–Kier alpha value is -7.32. The number of carbonyl (C=O) groups is 4. The van der Waals surface area contributed by atoms with Gasteiger partial charge in [0.1, 0.15) is 28.5 Å². The summed E-state index contributed by atoms with van der Waals surface area (Å²) in [5.74, 6) is -0.853. The first-order chi connectivity index (χ1) is 28.1. The van der Waals surface area contributed by atoms with Crippen LogP contribution in [0.3, 0.4) is 0 Å². The first-order valence-electron chi connectivity index (χ1n) is 17.7. The maximum atomic E-state index is 11.9. The van der Waals surface area contributed by atoms with Crippen LogP contribution < -0.4 is 15.6 Å². The van der Waals surface area contributed by atoms with Crippen LogP contribution in [0.4, 0.5) is 5.82 Å². The van der Waals surface area contributed by atoms with Crippen molar-refractivity contribution in [2.45, 2.75) is 20.8 Å². The third-order valence-electron chi connectivity index (χ3n) is 6.96. The topological polar surface area (TPSA) is 185 Å². The van der Waals surface area contributed by atoms with E-state index in [0.717, 1.165) is 11.5 Å². The number of ether oxygens (including phenoxy) is 4. The molecular weight excluding hydrogens is 768 g/mol. The number of carbonyl (C=O) groups excluding carboxylic acids is 3. The number of aromatic nitrogens is 3. The number of carboxylic acid groups (broad SMARTS) is 1. The van der Waals surface area contributed by atoms with Crippen molar-refractivity contribution in [2.24, 2.45) is 0 Å². The minimum absolute atomic E-state index is 0.0504. The summed E-state index contributed by atoms with van der Waals surface area (Å²) in [6.07, 6.45) is 5.63. The van der Waals surface area contributed by atoms with Crippen molar-refractivity contribution in [1.82, 2.24) is 14.4 Å². The maximum Gasteiger partial charge on any atom is 0.347 e. The molecule has 0 fully saturated rings. The predicted octanol–water partition coefficient (Wildman–Crippen LogP) is 7.89. The van der Waals surface area contributed by atoms with Crippen LogP contribution in [-0.4, -0.2) is 63.2 Å². The number of nitrogens with one attached hydrogen (secondary N) is 1. The van der Waals surface area contributed by atoms with E-state index in [9.17, 15) is 24.0 Å². The normalized spacial score (nSPS) is 9.66. The predicted molar refractivity (Wildman–Crippen MR) is 218 cm³/mol. The lowest BCUT2D eigenvalue weighted by Crippen LogP contribution is -2.24. The van der Waals surface area contributed by atoms with E-state index in [1.807, 2.05) is 60.7 Å². The molecule has 0 bridgehead atoms. The van der Waals surface area contributed by atoms with Gasteiger partial charge in [-0.25, -0.2) is 29.1 Å². The van der Waals surface area contributed by atoms with Gasteiger partial charge in [-0.1, -0.05) is 72.3 Å². The maximum absolute atomic E-state index is 11.9. The Morgan fingerprint density at radius 1 is 0.690 bits per heavy atom. The van der Waals surface area contributed by atoms with Crippen LogP contribution in [0.5, 0.6) is 11.5 Å².